The first kappa shape index (κ1) is 14.5. The van der Waals surface area contributed by atoms with E-state index in [-0.39, 0.29) is 11.0 Å². The summed E-state index contributed by atoms with van der Waals surface area (Å²) >= 11 is 0.875. The number of aromatic nitrogens is 2. The second kappa shape index (κ2) is 5.63. The first-order valence-electron chi connectivity index (χ1n) is 5.25. The minimum atomic E-state index is -4.62. The predicted molar refractivity (Wildman–Crippen MR) is 65.4 cm³/mol. The Kier molecular flexibility index (Phi) is 4.09. The molecule has 20 heavy (non-hydrogen) atoms. The maximum absolute atomic E-state index is 13.0. The van der Waals surface area contributed by atoms with Crippen molar-refractivity contribution in [3.8, 4) is 0 Å². The van der Waals surface area contributed by atoms with Crippen molar-refractivity contribution >= 4 is 17.7 Å². The largest absolute Gasteiger partial charge is 0.433 e. The molecular formula is C11H8F4N4S. The third-order valence-electron chi connectivity index (χ3n) is 2.14. The number of nitrogens with one attached hydrogen (secondary N) is 1. The van der Waals surface area contributed by atoms with Crippen LogP contribution in [-0.2, 0) is 6.18 Å². The summed E-state index contributed by atoms with van der Waals surface area (Å²) in [4.78, 5) is 7.42. The fourth-order valence-electron chi connectivity index (χ4n) is 1.34. The van der Waals surface area contributed by atoms with Gasteiger partial charge in [0.1, 0.15) is 10.8 Å². The maximum atomic E-state index is 13.0. The number of rotatable bonds is 3. The summed E-state index contributed by atoms with van der Waals surface area (Å²) < 4.78 is 51.0. The van der Waals surface area contributed by atoms with Crippen LogP contribution in [0, 0.1) is 5.82 Å². The molecule has 0 bridgehead atoms. The van der Waals surface area contributed by atoms with Crippen molar-refractivity contribution in [2.75, 3.05) is 5.43 Å². The van der Waals surface area contributed by atoms with Gasteiger partial charge in [-0.25, -0.2) is 20.2 Å². The molecule has 0 radical (unpaired) electrons. The molecular weight excluding hydrogens is 296 g/mol. The number of nitrogens with zero attached hydrogens (tertiary/aromatic N) is 2. The number of nitrogen functional groups attached to an aromatic ring is 1. The van der Waals surface area contributed by atoms with E-state index in [1.54, 1.807) is 6.07 Å². The molecule has 0 unspecified atom stereocenters. The summed E-state index contributed by atoms with van der Waals surface area (Å²) in [5, 5.41) is 0.00544. The number of nitrogens with two attached hydrogens (primary N) is 1. The first-order valence-corrected chi connectivity index (χ1v) is 6.06. The molecule has 4 nitrogen and oxygen atoms in total. The fraction of sp³-hybridized carbons (Fsp3) is 0.0909. The second-order valence-corrected chi connectivity index (χ2v) is 4.71. The number of alkyl halides is 3. The molecule has 9 heteroatoms. The fourth-order valence-corrected chi connectivity index (χ4v) is 2.20. The number of hydrogen-bond acceptors (Lipinski definition) is 5. The summed E-state index contributed by atoms with van der Waals surface area (Å²) in [6.07, 6.45) is -4.62. The molecule has 1 aromatic carbocycles. The minimum absolute atomic E-state index is 0.00544. The van der Waals surface area contributed by atoms with Gasteiger partial charge in [-0.1, -0.05) is 17.8 Å². The highest BCUT2D eigenvalue weighted by molar-refractivity contribution is 7.99. The molecule has 2 aromatic rings. The van der Waals surface area contributed by atoms with Gasteiger partial charge in [-0.15, -0.1) is 0 Å². The zero-order valence-corrected chi connectivity index (χ0v) is 10.6. The number of anilines is 1. The Morgan fingerprint density at radius 2 is 1.90 bits per heavy atom. The molecule has 106 valence electrons. The molecule has 0 atom stereocenters. The number of hydrazine groups is 1. The van der Waals surface area contributed by atoms with Crippen LogP contribution in [0.3, 0.4) is 0 Å². The molecule has 0 amide bonds. The van der Waals surface area contributed by atoms with E-state index >= 15 is 0 Å². The average Bonchev–Trinajstić information content (AvgIpc) is 2.37. The van der Waals surface area contributed by atoms with Crippen LogP contribution in [0.2, 0.25) is 0 Å². The highest BCUT2D eigenvalue weighted by Crippen LogP contribution is 2.33. The van der Waals surface area contributed by atoms with Gasteiger partial charge >= 0.3 is 6.18 Å². The minimum Gasteiger partial charge on any atom is -0.292 e. The molecule has 2 rings (SSSR count). The molecule has 0 spiro atoms. The molecule has 0 fully saturated rings. The van der Waals surface area contributed by atoms with E-state index in [2.05, 4.69) is 9.97 Å². The normalized spacial score (nSPS) is 11.4. The lowest BCUT2D eigenvalue weighted by Crippen LogP contribution is -2.15. The summed E-state index contributed by atoms with van der Waals surface area (Å²) in [6.45, 7) is 0. The third kappa shape index (κ3) is 3.58. The Morgan fingerprint density at radius 3 is 2.50 bits per heavy atom. The molecule has 0 aliphatic heterocycles. The second-order valence-electron chi connectivity index (χ2n) is 3.62. The van der Waals surface area contributed by atoms with Crippen LogP contribution in [0.15, 0.2) is 40.3 Å². The summed E-state index contributed by atoms with van der Waals surface area (Å²) in [5.41, 5.74) is 0.842. The van der Waals surface area contributed by atoms with Gasteiger partial charge in [0, 0.05) is 11.0 Å². The molecule has 1 aromatic heterocycles. The molecule has 0 aliphatic carbocycles. The van der Waals surface area contributed by atoms with Gasteiger partial charge in [0.05, 0.1) is 0 Å². The lowest BCUT2D eigenvalue weighted by Gasteiger charge is -2.09. The molecule has 0 saturated heterocycles. The third-order valence-corrected chi connectivity index (χ3v) is 3.05. The van der Waals surface area contributed by atoms with Gasteiger partial charge in [-0.2, -0.15) is 13.2 Å². The van der Waals surface area contributed by atoms with Crippen molar-refractivity contribution in [1.29, 1.82) is 0 Å². The van der Waals surface area contributed by atoms with E-state index in [0.29, 0.717) is 4.90 Å². The molecule has 1 heterocycles. The summed E-state index contributed by atoms with van der Waals surface area (Å²) in [7, 11) is 0. The quantitative estimate of drug-likeness (QED) is 0.395. The Balaban J connectivity index is 2.36. The Labute approximate surface area is 115 Å². The van der Waals surface area contributed by atoms with Crippen LogP contribution in [0.1, 0.15) is 5.69 Å². The SMILES string of the molecule is NNc1nc(Sc2cccc(F)c2)cc(C(F)(F)F)n1. The Bertz CT molecular complexity index is 618. The van der Waals surface area contributed by atoms with Gasteiger partial charge in [0.15, 0.2) is 5.69 Å². The maximum Gasteiger partial charge on any atom is 0.433 e. The highest BCUT2D eigenvalue weighted by Gasteiger charge is 2.33. The number of benzene rings is 1. The van der Waals surface area contributed by atoms with E-state index in [0.717, 1.165) is 17.8 Å². The van der Waals surface area contributed by atoms with Crippen molar-refractivity contribution in [3.63, 3.8) is 0 Å². The molecule has 3 N–H and O–H groups in total. The van der Waals surface area contributed by atoms with Crippen molar-refractivity contribution < 1.29 is 17.6 Å². The van der Waals surface area contributed by atoms with Gasteiger partial charge in [-0.05, 0) is 18.2 Å². The Hall–Kier alpha value is -1.87. The number of hydrogen-bond donors (Lipinski definition) is 2. The van der Waals surface area contributed by atoms with Gasteiger partial charge in [-0.3, -0.25) is 5.43 Å². The van der Waals surface area contributed by atoms with Crippen LogP contribution in [0.4, 0.5) is 23.5 Å². The summed E-state index contributed by atoms with van der Waals surface area (Å²) in [5.74, 6) is 4.19. The van der Waals surface area contributed by atoms with Crippen molar-refractivity contribution in [1.82, 2.24) is 9.97 Å². The van der Waals surface area contributed by atoms with Crippen LogP contribution in [0.5, 0.6) is 0 Å². The van der Waals surface area contributed by atoms with E-state index in [9.17, 15) is 17.6 Å². The Morgan fingerprint density at radius 1 is 1.15 bits per heavy atom. The molecule has 0 saturated carbocycles. The summed E-state index contributed by atoms with van der Waals surface area (Å²) in [6, 6.07) is 6.20. The van der Waals surface area contributed by atoms with E-state index in [4.69, 9.17) is 5.84 Å². The van der Waals surface area contributed by atoms with Crippen molar-refractivity contribution in [2.24, 2.45) is 5.84 Å². The van der Waals surface area contributed by atoms with Crippen molar-refractivity contribution in [2.45, 2.75) is 16.1 Å². The van der Waals surface area contributed by atoms with Gasteiger partial charge < -0.3 is 0 Å². The van der Waals surface area contributed by atoms with E-state index < -0.39 is 17.7 Å². The van der Waals surface area contributed by atoms with Crippen LogP contribution < -0.4 is 11.3 Å². The van der Waals surface area contributed by atoms with Gasteiger partial charge in [0.25, 0.3) is 0 Å². The highest BCUT2D eigenvalue weighted by atomic mass is 32.2. The van der Waals surface area contributed by atoms with Gasteiger partial charge in [0.2, 0.25) is 5.95 Å². The topological polar surface area (TPSA) is 63.8 Å². The predicted octanol–water partition coefficient (Wildman–Crippen LogP) is 3.07. The molecule has 0 aliphatic rings. The average molecular weight is 304 g/mol. The van der Waals surface area contributed by atoms with Crippen molar-refractivity contribution in [3.05, 3.63) is 41.8 Å². The van der Waals surface area contributed by atoms with Crippen LogP contribution in [0.25, 0.3) is 0 Å². The monoisotopic (exact) mass is 304 g/mol. The van der Waals surface area contributed by atoms with E-state index in [1.807, 2.05) is 5.43 Å². The lowest BCUT2D eigenvalue weighted by molar-refractivity contribution is -0.141. The van der Waals surface area contributed by atoms with Crippen LogP contribution in [-0.4, -0.2) is 9.97 Å². The number of halogens is 4. The van der Waals surface area contributed by atoms with Crippen LogP contribution >= 0.6 is 11.8 Å². The first-order chi connectivity index (χ1) is 9.38. The zero-order valence-electron chi connectivity index (χ0n) is 9.78. The zero-order chi connectivity index (χ0) is 14.8. The standard InChI is InChI=1S/C11H8F4N4S/c12-6-2-1-3-7(4-6)20-9-5-8(11(13,14)15)17-10(18-9)19-16/h1-5H,16H2,(H,17,18,19). The lowest BCUT2D eigenvalue weighted by atomic mass is 10.3. The van der Waals surface area contributed by atoms with E-state index in [1.165, 1.54) is 18.2 Å². The smallest absolute Gasteiger partial charge is 0.292 e.